The van der Waals surface area contributed by atoms with Gasteiger partial charge in [0.1, 0.15) is 0 Å². The molecule has 0 saturated heterocycles. The summed E-state index contributed by atoms with van der Waals surface area (Å²) >= 11 is 0. The average Bonchev–Trinajstić information content (AvgIpc) is 2.17. The molecule has 0 spiro atoms. The number of hydrogen-bond donors (Lipinski definition) is 0. The van der Waals surface area contributed by atoms with Gasteiger partial charge in [0.25, 0.3) is 0 Å². The summed E-state index contributed by atoms with van der Waals surface area (Å²) in [5.41, 5.74) is 0. The Kier molecular flexibility index (Phi) is 4.25. The summed E-state index contributed by atoms with van der Waals surface area (Å²) < 4.78 is 5.31. The first-order valence-corrected chi connectivity index (χ1v) is 5.04. The van der Waals surface area contributed by atoms with Gasteiger partial charge in [-0.1, -0.05) is 0 Å². The molecular weight excluding hydrogens is 176 g/mol. The number of ether oxygens (including phenoxy) is 1. The maximum atomic E-state index is 11.6. The highest BCUT2D eigenvalue weighted by atomic mass is 16.5. The standard InChI is InChI=1S/C12H16O2/c1-3-5-6-10-7-8-11(14-4-2)9-12(10)13/h9-10H,4,6-8H2,1-2H3/t10-/m0/s1. The van der Waals surface area contributed by atoms with Crippen LogP contribution in [-0.2, 0) is 9.53 Å². The fraction of sp³-hybridized carbons (Fsp3) is 0.583. The molecule has 0 fully saturated rings. The van der Waals surface area contributed by atoms with E-state index in [1.54, 1.807) is 13.0 Å². The summed E-state index contributed by atoms with van der Waals surface area (Å²) in [6, 6.07) is 0. The fourth-order valence-electron chi connectivity index (χ4n) is 1.53. The molecule has 1 rings (SSSR count). The van der Waals surface area contributed by atoms with E-state index < -0.39 is 0 Å². The van der Waals surface area contributed by atoms with Crippen molar-refractivity contribution in [3.05, 3.63) is 11.8 Å². The van der Waals surface area contributed by atoms with Gasteiger partial charge in [0.05, 0.1) is 12.4 Å². The maximum Gasteiger partial charge on any atom is 0.163 e. The van der Waals surface area contributed by atoms with Gasteiger partial charge in [-0.25, -0.2) is 0 Å². The van der Waals surface area contributed by atoms with Gasteiger partial charge < -0.3 is 4.74 Å². The van der Waals surface area contributed by atoms with Gasteiger partial charge in [0, 0.05) is 24.8 Å². The van der Waals surface area contributed by atoms with E-state index in [1.165, 1.54) is 0 Å². The third-order valence-corrected chi connectivity index (χ3v) is 2.30. The molecule has 0 N–H and O–H groups in total. The topological polar surface area (TPSA) is 26.3 Å². The highest BCUT2D eigenvalue weighted by molar-refractivity contribution is 5.93. The molecule has 0 saturated carbocycles. The Balaban J connectivity index is 2.54. The molecular formula is C12H16O2. The van der Waals surface area contributed by atoms with Gasteiger partial charge in [0.15, 0.2) is 5.78 Å². The Bertz CT molecular complexity index is 291. The average molecular weight is 192 g/mol. The molecule has 2 nitrogen and oxygen atoms in total. The zero-order chi connectivity index (χ0) is 10.4. The Morgan fingerprint density at radius 2 is 2.43 bits per heavy atom. The summed E-state index contributed by atoms with van der Waals surface area (Å²) in [4.78, 5) is 11.6. The first-order valence-electron chi connectivity index (χ1n) is 5.04. The van der Waals surface area contributed by atoms with Gasteiger partial charge >= 0.3 is 0 Å². The number of carbonyl (C=O) groups excluding carboxylic acids is 1. The molecule has 0 aromatic heterocycles. The zero-order valence-corrected chi connectivity index (χ0v) is 8.80. The van der Waals surface area contributed by atoms with Crippen LogP contribution in [0.15, 0.2) is 11.8 Å². The van der Waals surface area contributed by atoms with E-state index in [0.29, 0.717) is 13.0 Å². The minimum Gasteiger partial charge on any atom is -0.498 e. The monoisotopic (exact) mass is 192 g/mol. The molecule has 76 valence electrons. The molecule has 14 heavy (non-hydrogen) atoms. The van der Waals surface area contributed by atoms with Crippen LogP contribution in [-0.4, -0.2) is 12.4 Å². The summed E-state index contributed by atoms with van der Waals surface area (Å²) in [6.07, 6.45) is 4.06. The predicted molar refractivity (Wildman–Crippen MR) is 55.5 cm³/mol. The van der Waals surface area contributed by atoms with E-state index >= 15 is 0 Å². The van der Waals surface area contributed by atoms with E-state index in [4.69, 9.17) is 4.74 Å². The lowest BCUT2D eigenvalue weighted by Gasteiger charge is -2.18. The summed E-state index contributed by atoms with van der Waals surface area (Å²) in [6.45, 7) is 4.37. The number of allylic oxidation sites excluding steroid dienone is 2. The Labute approximate surface area is 85.3 Å². The zero-order valence-electron chi connectivity index (χ0n) is 8.80. The summed E-state index contributed by atoms with van der Waals surface area (Å²) in [5.74, 6) is 6.86. The molecule has 0 aliphatic heterocycles. The number of carbonyl (C=O) groups is 1. The van der Waals surface area contributed by atoms with Gasteiger partial charge in [-0.15, -0.1) is 11.8 Å². The SMILES string of the molecule is CC#CC[C@H]1CCC(OCC)=CC1=O. The quantitative estimate of drug-likeness (QED) is 0.641. The highest BCUT2D eigenvalue weighted by Gasteiger charge is 2.21. The second kappa shape index (κ2) is 5.49. The smallest absolute Gasteiger partial charge is 0.163 e. The summed E-state index contributed by atoms with van der Waals surface area (Å²) in [7, 11) is 0. The van der Waals surface area contributed by atoms with Crippen LogP contribution in [0.5, 0.6) is 0 Å². The lowest BCUT2D eigenvalue weighted by molar-refractivity contribution is -0.119. The van der Waals surface area contributed by atoms with Crippen LogP contribution < -0.4 is 0 Å². The van der Waals surface area contributed by atoms with Crippen molar-refractivity contribution in [1.82, 2.24) is 0 Å². The predicted octanol–water partition coefficient (Wildman–Crippen LogP) is 2.30. The van der Waals surface area contributed by atoms with Gasteiger partial charge in [-0.3, -0.25) is 4.79 Å². The van der Waals surface area contributed by atoms with Crippen LogP contribution in [0.4, 0.5) is 0 Å². The van der Waals surface area contributed by atoms with Crippen molar-refractivity contribution in [3.8, 4) is 11.8 Å². The molecule has 0 aromatic carbocycles. The van der Waals surface area contributed by atoms with Gasteiger partial charge in [-0.2, -0.15) is 0 Å². The third kappa shape index (κ3) is 2.92. The van der Waals surface area contributed by atoms with Crippen molar-refractivity contribution in [2.24, 2.45) is 5.92 Å². The highest BCUT2D eigenvalue weighted by Crippen LogP contribution is 2.23. The van der Waals surface area contributed by atoms with Gasteiger partial charge in [-0.05, 0) is 20.3 Å². The molecule has 0 heterocycles. The lowest BCUT2D eigenvalue weighted by atomic mass is 9.89. The second-order valence-corrected chi connectivity index (χ2v) is 3.31. The second-order valence-electron chi connectivity index (χ2n) is 3.31. The molecule has 1 atom stereocenters. The van der Waals surface area contributed by atoms with Crippen LogP contribution in [0, 0.1) is 17.8 Å². The van der Waals surface area contributed by atoms with Crippen LogP contribution in [0.1, 0.15) is 33.1 Å². The van der Waals surface area contributed by atoms with Crippen molar-refractivity contribution in [3.63, 3.8) is 0 Å². The van der Waals surface area contributed by atoms with E-state index in [2.05, 4.69) is 11.8 Å². The van der Waals surface area contributed by atoms with Gasteiger partial charge in [0.2, 0.25) is 0 Å². The molecule has 0 radical (unpaired) electrons. The van der Waals surface area contributed by atoms with Crippen LogP contribution in [0.3, 0.4) is 0 Å². The molecule has 0 bridgehead atoms. The van der Waals surface area contributed by atoms with Crippen LogP contribution >= 0.6 is 0 Å². The van der Waals surface area contributed by atoms with E-state index in [0.717, 1.165) is 18.6 Å². The Morgan fingerprint density at radius 3 is 3.00 bits per heavy atom. The molecule has 0 unspecified atom stereocenters. The Morgan fingerprint density at radius 1 is 1.64 bits per heavy atom. The Hall–Kier alpha value is -1.23. The van der Waals surface area contributed by atoms with Crippen molar-refractivity contribution in [1.29, 1.82) is 0 Å². The maximum absolute atomic E-state index is 11.6. The van der Waals surface area contributed by atoms with Crippen molar-refractivity contribution < 1.29 is 9.53 Å². The van der Waals surface area contributed by atoms with Crippen molar-refractivity contribution in [2.45, 2.75) is 33.1 Å². The van der Waals surface area contributed by atoms with E-state index in [9.17, 15) is 4.79 Å². The van der Waals surface area contributed by atoms with Crippen LogP contribution in [0.2, 0.25) is 0 Å². The summed E-state index contributed by atoms with van der Waals surface area (Å²) in [5, 5.41) is 0. The van der Waals surface area contributed by atoms with Crippen LogP contribution in [0.25, 0.3) is 0 Å². The number of hydrogen-bond acceptors (Lipinski definition) is 2. The van der Waals surface area contributed by atoms with E-state index in [-0.39, 0.29) is 11.7 Å². The largest absolute Gasteiger partial charge is 0.498 e. The fourth-order valence-corrected chi connectivity index (χ4v) is 1.53. The van der Waals surface area contributed by atoms with E-state index in [1.807, 2.05) is 6.92 Å². The molecule has 0 amide bonds. The van der Waals surface area contributed by atoms with Crippen molar-refractivity contribution in [2.75, 3.05) is 6.61 Å². The van der Waals surface area contributed by atoms with Crippen molar-refractivity contribution >= 4 is 5.78 Å². The number of ketones is 1. The lowest BCUT2D eigenvalue weighted by Crippen LogP contribution is -2.17. The minimum atomic E-state index is 0.0895. The normalized spacial score (nSPS) is 20.9. The first-order chi connectivity index (χ1) is 6.77. The molecule has 0 aromatic rings. The minimum absolute atomic E-state index is 0.0895. The first kappa shape index (κ1) is 10.8. The molecule has 1 aliphatic rings. The third-order valence-electron chi connectivity index (χ3n) is 2.30. The number of rotatable bonds is 3. The molecule has 1 aliphatic carbocycles. The molecule has 2 heteroatoms.